The predicted molar refractivity (Wildman–Crippen MR) is 51.9 cm³/mol. The van der Waals surface area contributed by atoms with Crippen LogP contribution in [-0.4, -0.2) is 25.5 Å². The Labute approximate surface area is 78.2 Å². The maximum atomic E-state index is 12.6. The van der Waals surface area contributed by atoms with Gasteiger partial charge < -0.3 is 10.6 Å². The smallest absolute Gasteiger partial charge is 0.123 e. The highest BCUT2D eigenvalue weighted by Crippen LogP contribution is 2.16. The minimum absolute atomic E-state index is 0.167. The molecule has 0 radical (unpaired) electrons. The van der Waals surface area contributed by atoms with Gasteiger partial charge in [0.1, 0.15) is 5.82 Å². The maximum absolute atomic E-state index is 12.6. The van der Waals surface area contributed by atoms with Crippen molar-refractivity contribution in [2.75, 3.05) is 20.6 Å². The molecule has 0 aliphatic heterocycles. The second kappa shape index (κ2) is 4.35. The van der Waals surface area contributed by atoms with E-state index in [0.29, 0.717) is 6.54 Å². The summed E-state index contributed by atoms with van der Waals surface area (Å²) in [6, 6.07) is 6.63. The van der Waals surface area contributed by atoms with Crippen LogP contribution in [0.5, 0.6) is 0 Å². The number of benzene rings is 1. The lowest BCUT2D eigenvalue weighted by atomic mass is 10.1. The number of nitrogens with two attached hydrogens (primary N) is 1. The molecule has 0 saturated heterocycles. The Morgan fingerprint density at radius 1 is 1.31 bits per heavy atom. The van der Waals surface area contributed by atoms with Gasteiger partial charge in [-0.2, -0.15) is 0 Å². The van der Waals surface area contributed by atoms with E-state index in [2.05, 4.69) is 0 Å². The predicted octanol–water partition coefficient (Wildman–Crippen LogP) is 1.39. The van der Waals surface area contributed by atoms with Gasteiger partial charge in [0.15, 0.2) is 0 Å². The third-order valence-electron chi connectivity index (χ3n) is 2.10. The minimum atomic E-state index is -0.210. The number of likely N-dealkylation sites (N-methyl/N-ethyl adjacent to an activating group) is 1. The molecule has 2 N–H and O–H groups in total. The van der Waals surface area contributed by atoms with Crippen molar-refractivity contribution in [3.05, 3.63) is 35.6 Å². The Kier molecular flexibility index (Phi) is 3.39. The number of hydrogen-bond donors (Lipinski definition) is 1. The quantitative estimate of drug-likeness (QED) is 0.765. The molecule has 0 spiro atoms. The number of nitrogens with zero attached hydrogens (tertiary/aromatic N) is 1. The highest BCUT2D eigenvalue weighted by Gasteiger charge is 2.10. The normalized spacial score (nSPS) is 13.3. The number of hydrogen-bond acceptors (Lipinski definition) is 2. The molecular formula is C10H15FN2. The van der Waals surface area contributed by atoms with Gasteiger partial charge in [-0.1, -0.05) is 12.1 Å². The van der Waals surface area contributed by atoms with Crippen LogP contribution in [0.15, 0.2) is 24.3 Å². The molecule has 0 heterocycles. The lowest BCUT2D eigenvalue weighted by Gasteiger charge is -2.22. The van der Waals surface area contributed by atoms with Crippen LogP contribution in [0.1, 0.15) is 11.6 Å². The van der Waals surface area contributed by atoms with Gasteiger partial charge in [0, 0.05) is 12.6 Å². The van der Waals surface area contributed by atoms with Crippen LogP contribution in [0, 0.1) is 5.82 Å². The van der Waals surface area contributed by atoms with E-state index >= 15 is 0 Å². The second-order valence-electron chi connectivity index (χ2n) is 3.27. The van der Waals surface area contributed by atoms with Crippen LogP contribution < -0.4 is 5.73 Å². The van der Waals surface area contributed by atoms with Crippen molar-refractivity contribution in [1.29, 1.82) is 0 Å². The van der Waals surface area contributed by atoms with Crippen LogP contribution in [-0.2, 0) is 0 Å². The van der Waals surface area contributed by atoms with E-state index in [0.717, 1.165) is 5.56 Å². The summed E-state index contributed by atoms with van der Waals surface area (Å²) in [6.45, 7) is 0.540. The topological polar surface area (TPSA) is 29.3 Å². The SMILES string of the molecule is CN(C)[C@@H](CN)c1ccc(F)cc1. The first-order valence-electron chi connectivity index (χ1n) is 4.27. The van der Waals surface area contributed by atoms with E-state index in [1.54, 1.807) is 12.1 Å². The summed E-state index contributed by atoms with van der Waals surface area (Å²) in [6.07, 6.45) is 0. The Morgan fingerprint density at radius 3 is 2.23 bits per heavy atom. The van der Waals surface area contributed by atoms with Crippen molar-refractivity contribution >= 4 is 0 Å². The molecule has 0 bridgehead atoms. The molecule has 1 rings (SSSR count). The van der Waals surface area contributed by atoms with Gasteiger partial charge in [-0.15, -0.1) is 0 Å². The molecule has 0 aliphatic carbocycles. The van der Waals surface area contributed by atoms with Crippen LogP contribution in [0.25, 0.3) is 0 Å². The molecule has 3 heteroatoms. The lowest BCUT2D eigenvalue weighted by Crippen LogP contribution is -2.27. The van der Waals surface area contributed by atoms with Crippen molar-refractivity contribution in [1.82, 2.24) is 4.90 Å². The molecule has 13 heavy (non-hydrogen) atoms. The molecule has 1 aromatic carbocycles. The minimum Gasteiger partial charge on any atom is -0.329 e. The third-order valence-corrected chi connectivity index (χ3v) is 2.10. The Bertz CT molecular complexity index is 256. The van der Waals surface area contributed by atoms with E-state index in [-0.39, 0.29) is 11.9 Å². The Hall–Kier alpha value is -0.930. The fourth-order valence-electron chi connectivity index (χ4n) is 1.33. The zero-order valence-electron chi connectivity index (χ0n) is 8.00. The Morgan fingerprint density at radius 2 is 1.85 bits per heavy atom. The van der Waals surface area contributed by atoms with Crippen molar-refractivity contribution in [3.8, 4) is 0 Å². The van der Waals surface area contributed by atoms with Gasteiger partial charge in [0.2, 0.25) is 0 Å². The highest BCUT2D eigenvalue weighted by molar-refractivity contribution is 5.20. The number of rotatable bonds is 3. The molecular weight excluding hydrogens is 167 g/mol. The fraction of sp³-hybridized carbons (Fsp3) is 0.400. The van der Waals surface area contributed by atoms with E-state index in [4.69, 9.17) is 5.73 Å². The molecule has 72 valence electrons. The van der Waals surface area contributed by atoms with E-state index in [1.165, 1.54) is 12.1 Å². The average Bonchev–Trinajstić information content (AvgIpc) is 2.09. The van der Waals surface area contributed by atoms with Gasteiger partial charge in [-0.05, 0) is 31.8 Å². The molecule has 0 aromatic heterocycles. The molecule has 0 aliphatic rings. The Balaban J connectivity index is 2.86. The summed E-state index contributed by atoms with van der Waals surface area (Å²) in [4.78, 5) is 2.02. The third kappa shape index (κ3) is 2.50. The van der Waals surface area contributed by atoms with Gasteiger partial charge in [0.05, 0.1) is 0 Å². The summed E-state index contributed by atoms with van der Waals surface area (Å²) >= 11 is 0. The average molecular weight is 182 g/mol. The first-order valence-corrected chi connectivity index (χ1v) is 4.27. The van der Waals surface area contributed by atoms with Gasteiger partial charge in [-0.3, -0.25) is 0 Å². The molecule has 1 atom stereocenters. The first-order chi connectivity index (χ1) is 6.15. The number of halogens is 1. The summed E-state index contributed by atoms with van der Waals surface area (Å²) in [7, 11) is 3.92. The standard InChI is InChI=1S/C10H15FN2/c1-13(2)10(7-12)8-3-5-9(11)6-4-8/h3-6,10H,7,12H2,1-2H3/t10-/m0/s1. The van der Waals surface area contributed by atoms with Gasteiger partial charge in [-0.25, -0.2) is 4.39 Å². The summed E-state index contributed by atoms with van der Waals surface area (Å²) in [5.41, 5.74) is 6.66. The second-order valence-corrected chi connectivity index (χ2v) is 3.27. The zero-order valence-corrected chi connectivity index (χ0v) is 8.00. The molecule has 0 fully saturated rings. The van der Waals surface area contributed by atoms with Crippen LogP contribution in [0.4, 0.5) is 4.39 Å². The van der Waals surface area contributed by atoms with Gasteiger partial charge in [0.25, 0.3) is 0 Å². The van der Waals surface area contributed by atoms with Crippen molar-refractivity contribution in [3.63, 3.8) is 0 Å². The maximum Gasteiger partial charge on any atom is 0.123 e. The highest BCUT2D eigenvalue weighted by atomic mass is 19.1. The molecule has 1 aromatic rings. The summed E-state index contributed by atoms with van der Waals surface area (Å²) < 4.78 is 12.6. The van der Waals surface area contributed by atoms with E-state index in [1.807, 2.05) is 19.0 Å². The van der Waals surface area contributed by atoms with Crippen molar-refractivity contribution in [2.24, 2.45) is 5.73 Å². The van der Waals surface area contributed by atoms with Gasteiger partial charge >= 0.3 is 0 Å². The largest absolute Gasteiger partial charge is 0.329 e. The fourth-order valence-corrected chi connectivity index (χ4v) is 1.33. The summed E-state index contributed by atoms with van der Waals surface area (Å²) in [5.74, 6) is -0.210. The van der Waals surface area contributed by atoms with Crippen LogP contribution in [0.2, 0.25) is 0 Å². The lowest BCUT2D eigenvalue weighted by molar-refractivity contribution is 0.306. The van der Waals surface area contributed by atoms with Crippen molar-refractivity contribution < 1.29 is 4.39 Å². The van der Waals surface area contributed by atoms with E-state index < -0.39 is 0 Å². The molecule has 2 nitrogen and oxygen atoms in total. The first kappa shape index (κ1) is 10.2. The van der Waals surface area contributed by atoms with Crippen molar-refractivity contribution in [2.45, 2.75) is 6.04 Å². The molecule has 0 amide bonds. The zero-order chi connectivity index (χ0) is 9.84. The van der Waals surface area contributed by atoms with E-state index in [9.17, 15) is 4.39 Å². The molecule has 0 saturated carbocycles. The monoisotopic (exact) mass is 182 g/mol. The van der Waals surface area contributed by atoms with Crippen LogP contribution >= 0.6 is 0 Å². The molecule has 0 unspecified atom stereocenters. The van der Waals surface area contributed by atoms with Crippen LogP contribution in [0.3, 0.4) is 0 Å². The summed E-state index contributed by atoms with van der Waals surface area (Å²) in [5, 5.41) is 0.